The van der Waals surface area contributed by atoms with E-state index in [1.165, 1.54) is 0 Å². The number of hydrogen-bond donors (Lipinski definition) is 2. The lowest BCUT2D eigenvalue weighted by atomic mass is 10.3. The molecule has 0 spiro atoms. The zero-order valence-corrected chi connectivity index (χ0v) is 10.7. The minimum absolute atomic E-state index is 0.0514. The fraction of sp³-hybridized carbons (Fsp3) is 0.909. The molecule has 3 N–H and O–H groups in total. The Bertz CT molecular complexity index is 218. The lowest BCUT2D eigenvalue weighted by molar-refractivity contribution is 0.140. The summed E-state index contributed by atoms with van der Waals surface area (Å²) in [7, 11) is 1.70. The first kappa shape index (κ1) is 14.2. The molecule has 100 valence electrons. The Balaban J connectivity index is 2.23. The molecule has 0 aromatic heterocycles. The van der Waals surface area contributed by atoms with Gasteiger partial charge in [-0.2, -0.15) is 0 Å². The summed E-state index contributed by atoms with van der Waals surface area (Å²) in [6.07, 6.45) is 0.982. The maximum atomic E-state index is 11.4. The van der Waals surface area contributed by atoms with E-state index in [1.54, 1.807) is 7.11 Å². The molecule has 1 fully saturated rings. The smallest absolute Gasteiger partial charge is 0.317 e. The number of nitrogens with zero attached hydrogens (tertiary/aromatic N) is 2. The minimum atomic E-state index is 0.0514. The SMILES string of the molecule is COCCN(CCCN)CCN1CCNC1=O. The predicted octanol–water partition coefficient (Wildman–Crippen LogP) is -0.691. The number of carbonyl (C=O) groups excluding carboxylic acids is 1. The van der Waals surface area contributed by atoms with Gasteiger partial charge in [-0.1, -0.05) is 0 Å². The van der Waals surface area contributed by atoms with Gasteiger partial charge >= 0.3 is 6.03 Å². The Kier molecular flexibility index (Phi) is 6.91. The highest BCUT2D eigenvalue weighted by atomic mass is 16.5. The van der Waals surface area contributed by atoms with Crippen LogP contribution in [0.25, 0.3) is 0 Å². The summed E-state index contributed by atoms with van der Waals surface area (Å²) in [6, 6.07) is 0.0514. The average molecular weight is 244 g/mol. The van der Waals surface area contributed by atoms with E-state index in [0.29, 0.717) is 6.54 Å². The van der Waals surface area contributed by atoms with Gasteiger partial charge in [-0.25, -0.2) is 4.79 Å². The van der Waals surface area contributed by atoms with Crippen LogP contribution >= 0.6 is 0 Å². The van der Waals surface area contributed by atoms with E-state index in [2.05, 4.69) is 10.2 Å². The van der Waals surface area contributed by atoms with Crippen LogP contribution in [0.1, 0.15) is 6.42 Å². The normalized spacial score (nSPS) is 15.7. The van der Waals surface area contributed by atoms with Crippen molar-refractivity contribution >= 4 is 6.03 Å². The lowest BCUT2D eigenvalue weighted by Crippen LogP contribution is -2.39. The van der Waals surface area contributed by atoms with Crippen LogP contribution < -0.4 is 11.1 Å². The van der Waals surface area contributed by atoms with Crippen LogP contribution in [0.4, 0.5) is 4.79 Å². The van der Waals surface area contributed by atoms with Crippen molar-refractivity contribution in [3.8, 4) is 0 Å². The Morgan fingerprint density at radius 2 is 2.29 bits per heavy atom. The first-order chi connectivity index (χ1) is 8.27. The molecular weight excluding hydrogens is 220 g/mol. The molecule has 6 nitrogen and oxygen atoms in total. The molecule has 1 saturated heterocycles. The highest BCUT2D eigenvalue weighted by Crippen LogP contribution is 1.98. The van der Waals surface area contributed by atoms with Gasteiger partial charge in [-0.3, -0.25) is 4.90 Å². The van der Waals surface area contributed by atoms with E-state index < -0.39 is 0 Å². The van der Waals surface area contributed by atoms with Crippen molar-refractivity contribution in [2.75, 3.05) is 59.5 Å². The van der Waals surface area contributed by atoms with Gasteiger partial charge in [0.25, 0.3) is 0 Å². The van der Waals surface area contributed by atoms with Crippen molar-refractivity contribution in [1.82, 2.24) is 15.1 Å². The van der Waals surface area contributed by atoms with Gasteiger partial charge in [-0.05, 0) is 19.5 Å². The van der Waals surface area contributed by atoms with E-state index in [-0.39, 0.29) is 6.03 Å². The summed E-state index contributed by atoms with van der Waals surface area (Å²) >= 11 is 0. The van der Waals surface area contributed by atoms with Gasteiger partial charge in [0.05, 0.1) is 6.61 Å². The maximum Gasteiger partial charge on any atom is 0.317 e. The molecule has 0 aliphatic carbocycles. The molecule has 0 aromatic carbocycles. The number of methoxy groups -OCH3 is 1. The molecule has 0 saturated carbocycles. The van der Waals surface area contributed by atoms with Gasteiger partial charge in [0.2, 0.25) is 0 Å². The van der Waals surface area contributed by atoms with Crippen molar-refractivity contribution in [2.45, 2.75) is 6.42 Å². The Morgan fingerprint density at radius 1 is 1.47 bits per heavy atom. The van der Waals surface area contributed by atoms with E-state index >= 15 is 0 Å². The first-order valence-electron chi connectivity index (χ1n) is 6.22. The van der Waals surface area contributed by atoms with Crippen molar-refractivity contribution in [3.63, 3.8) is 0 Å². The van der Waals surface area contributed by atoms with Crippen LogP contribution in [0.5, 0.6) is 0 Å². The molecule has 0 aromatic rings. The van der Waals surface area contributed by atoms with Crippen molar-refractivity contribution < 1.29 is 9.53 Å². The quantitative estimate of drug-likeness (QED) is 0.563. The highest BCUT2D eigenvalue weighted by Gasteiger charge is 2.19. The second-order valence-electron chi connectivity index (χ2n) is 4.20. The zero-order chi connectivity index (χ0) is 12.5. The van der Waals surface area contributed by atoms with Gasteiger partial charge < -0.3 is 20.7 Å². The molecule has 1 rings (SSSR count). The van der Waals surface area contributed by atoms with E-state index in [1.807, 2.05) is 4.90 Å². The molecule has 0 bridgehead atoms. The van der Waals surface area contributed by atoms with Crippen molar-refractivity contribution in [2.24, 2.45) is 5.73 Å². The largest absolute Gasteiger partial charge is 0.383 e. The molecule has 0 atom stereocenters. The monoisotopic (exact) mass is 244 g/mol. The first-order valence-corrected chi connectivity index (χ1v) is 6.22. The molecule has 0 radical (unpaired) electrons. The summed E-state index contributed by atoms with van der Waals surface area (Å²) < 4.78 is 5.08. The average Bonchev–Trinajstić information content (AvgIpc) is 2.74. The Labute approximate surface area is 103 Å². The van der Waals surface area contributed by atoms with Crippen LogP contribution in [-0.4, -0.2) is 75.4 Å². The number of nitrogens with two attached hydrogens (primary N) is 1. The van der Waals surface area contributed by atoms with Crippen molar-refractivity contribution in [3.05, 3.63) is 0 Å². The number of amides is 2. The third-order valence-electron chi connectivity index (χ3n) is 2.92. The second-order valence-corrected chi connectivity index (χ2v) is 4.20. The second kappa shape index (κ2) is 8.27. The van der Waals surface area contributed by atoms with Crippen LogP contribution in [0.3, 0.4) is 0 Å². The third-order valence-corrected chi connectivity index (χ3v) is 2.92. The molecule has 6 heteroatoms. The molecular formula is C11H24N4O2. The van der Waals surface area contributed by atoms with E-state index in [9.17, 15) is 4.79 Å². The number of ether oxygens (including phenoxy) is 1. The summed E-state index contributed by atoms with van der Waals surface area (Å²) in [4.78, 5) is 15.5. The van der Waals surface area contributed by atoms with E-state index in [0.717, 1.165) is 52.3 Å². The molecule has 1 aliphatic heterocycles. The van der Waals surface area contributed by atoms with Gasteiger partial charge in [-0.15, -0.1) is 0 Å². The summed E-state index contributed by atoms with van der Waals surface area (Å²) in [5, 5.41) is 2.80. The maximum absolute atomic E-state index is 11.4. The predicted molar refractivity (Wildman–Crippen MR) is 67.0 cm³/mol. The topological polar surface area (TPSA) is 70.8 Å². The third kappa shape index (κ3) is 5.34. The summed E-state index contributed by atoms with van der Waals surface area (Å²) in [5.74, 6) is 0. The number of carbonyl (C=O) groups is 1. The van der Waals surface area contributed by atoms with Crippen LogP contribution in [0.2, 0.25) is 0 Å². The molecule has 2 amide bonds. The summed E-state index contributed by atoms with van der Waals surface area (Å²) in [6.45, 7) is 6.52. The molecule has 1 heterocycles. The number of nitrogens with one attached hydrogen (secondary N) is 1. The number of urea groups is 1. The summed E-state index contributed by atoms with van der Waals surface area (Å²) in [5.41, 5.74) is 5.51. The van der Waals surface area contributed by atoms with Crippen LogP contribution in [-0.2, 0) is 4.74 Å². The molecule has 1 aliphatic rings. The molecule has 0 unspecified atom stereocenters. The standard InChI is InChI=1S/C11H24N4O2/c1-17-10-9-14(5-2-3-12)7-8-15-6-4-13-11(15)16/h2-10,12H2,1H3,(H,13,16). The van der Waals surface area contributed by atoms with E-state index in [4.69, 9.17) is 10.5 Å². The fourth-order valence-electron chi connectivity index (χ4n) is 1.86. The minimum Gasteiger partial charge on any atom is -0.383 e. The van der Waals surface area contributed by atoms with Crippen molar-refractivity contribution in [1.29, 1.82) is 0 Å². The van der Waals surface area contributed by atoms with Gasteiger partial charge in [0.1, 0.15) is 0 Å². The van der Waals surface area contributed by atoms with Gasteiger partial charge in [0.15, 0.2) is 0 Å². The highest BCUT2D eigenvalue weighted by molar-refractivity contribution is 5.76. The lowest BCUT2D eigenvalue weighted by Gasteiger charge is -2.24. The van der Waals surface area contributed by atoms with Crippen LogP contribution in [0, 0.1) is 0 Å². The van der Waals surface area contributed by atoms with Gasteiger partial charge in [0, 0.05) is 39.8 Å². The Morgan fingerprint density at radius 3 is 2.88 bits per heavy atom. The number of rotatable bonds is 9. The fourth-order valence-corrected chi connectivity index (χ4v) is 1.86. The molecule has 17 heavy (non-hydrogen) atoms. The Hall–Kier alpha value is -0.850. The van der Waals surface area contributed by atoms with Crippen LogP contribution in [0.15, 0.2) is 0 Å². The number of hydrogen-bond acceptors (Lipinski definition) is 4. The zero-order valence-electron chi connectivity index (χ0n) is 10.7.